The number of Topliss-reactive ketones (excluding diaryl/α,β-unsaturated/α-hetero) is 1. The van der Waals surface area contributed by atoms with E-state index in [0.717, 1.165) is 47.0 Å². The standard InChI is InChI=1S/C36H35N3O2/c1-3-38(4-2)29-21-19-26(20-22-29)35-34-31(23-28(24-33(34)40)25-13-7-5-8-14-25)37-30-17-11-12-18-32(30)39(35)36(41)27-15-9-6-10-16-27/h5-22,28,34-35H,3-4,23-24H2,1-2H3. The molecular weight excluding hydrogens is 506 g/mol. The summed E-state index contributed by atoms with van der Waals surface area (Å²) in [7, 11) is 0. The predicted octanol–water partition coefficient (Wildman–Crippen LogP) is 7.77. The Bertz CT molecular complexity index is 1560. The summed E-state index contributed by atoms with van der Waals surface area (Å²) in [5.41, 5.74) is 6.10. The molecule has 0 spiro atoms. The number of para-hydroxylation sites is 2. The molecule has 3 unspecified atom stereocenters. The predicted molar refractivity (Wildman–Crippen MR) is 166 cm³/mol. The van der Waals surface area contributed by atoms with Crippen molar-refractivity contribution >= 4 is 34.5 Å². The van der Waals surface area contributed by atoms with Crippen molar-refractivity contribution < 1.29 is 9.59 Å². The van der Waals surface area contributed by atoms with Gasteiger partial charge in [0.1, 0.15) is 5.78 Å². The van der Waals surface area contributed by atoms with Crippen LogP contribution in [0.5, 0.6) is 0 Å². The summed E-state index contributed by atoms with van der Waals surface area (Å²) in [5, 5.41) is 0. The summed E-state index contributed by atoms with van der Waals surface area (Å²) in [4.78, 5) is 37.9. The van der Waals surface area contributed by atoms with Gasteiger partial charge in [-0.2, -0.15) is 0 Å². The first-order valence-electron chi connectivity index (χ1n) is 14.6. The summed E-state index contributed by atoms with van der Waals surface area (Å²) in [6, 6.07) is 35.3. The van der Waals surface area contributed by atoms with Gasteiger partial charge in [-0.15, -0.1) is 0 Å². The number of fused-ring (bicyclic) bond motifs is 2. The third-order valence-corrected chi connectivity index (χ3v) is 8.48. The number of amides is 1. The minimum atomic E-state index is -0.533. The molecule has 1 aliphatic heterocycles. The average molecular weight is 542 g/mol. The molecule has 1 fully saturated rings. The van der Waals surface area contributed by atoms with E-state index in [-0.39, 0.29) is 17.6 Å². The lowest BCUT2D eigenvalue weighted by atomic mass is 9.72. The molecular formula is C36H35N3O2. The average Bonchev–Trinajstić information content (AvgIpc) is 3.17. The number of ketones is 1. The van der Waals surface area contributed by atoms with Gasteiger partial charge in [0.2, 0.25) is 0 Å². The van der Waals surface area contributed by atoms with Crippen molar-refractivity contribution in [1.82, 2.24) is 0 Å². The summed E-state index contributed by atoms with van der Waals surface area (Å²) >= 11 is 0. The molecule has 0 N–H and O–H groups in total. The third kappa shape index (κ3) is 5.08. The van der Waals surface area contributed by atoms with Crippen molar-refractivity contribution in [2.24, 2.45) is 10.9 Å². The fraction of sp³-hybridized carbons (Fsp3) is 0.250. The first kappa shape index (κ1) is 26.7. The maximum Gasteiger partial charge on any atom is 0.258 e. The maximum absolute atomic E-state index is 14.4. The molecule has 0 saturated heterocycles. The van der Waals surface area contributed by atoms with Crippen molar-refractivity contribution in [3.63, 3.8) is 0 Å². The van der Waals surface area contributed by atoms with Crippen LogP contribution in [0.3, 0.4) is 0 Å². The van der Waals surface area contributed by atoms with E-state index in [2.05, 4.69) is 55.1 Å². The number of anilines is 2. The van der Waals surface area contributed by atoms with Gasteiger partial charge in [0.05, 0.1) is 23.3 Å². The van der Waals surface area contributed by atoms with Crippen molar-refractivity contribution in [1.29, 1.82) is 0 Å². The van der Waals surface area contributed by atoms with Crippen LogP contribution in [0.25, 0.3) is 0 Å². The van der Waals surface area contributed by atoms with E-state index in [1.807, 2.05) is 77.7 Å². The number of hydrogen-bond donors (Lipinski definition) is 0. The molecule has 1 amide bonds. The van der Waals surface area contributed by atoms with Crippen LogP contribution in [0.4, 0.5) is 17.1 Å². The molecule has 6 rings (SSSR count). The Labute approximate surface area is 242 Å². The highest BCUT2D eigenvalue weighted by Gasteiger charge is 2.46. The van der Waals surface area contributed by atoms with Crippen LogP contribution < -0.4 is 9.80 Å². The zero-order valence-electron chi connectivity index (χ0n) is 23.6. The van der Waals surface area contributed by atoms with Gasteiger partial charge in [-0.25, -0.2) is 0 Å². The number of aliphatic imine (C=N–C) groups is 1. The molecule has 3 atom stereocenters. The van der Waals surface area contributed by atoms with Crippen molar-refractivity contribution in [2.45, 2.75) is 38.6 Å². The molecule has 206 valence electrons. The highest BCUT2D eigenvalue weighted by Crippen LogP contribution is 2.48. The van der Waals surface area contributed by atoms with E-state index < -0.39 is 12.0 Å². The Morgan fingerprint density at radius 3 is 2.10 bits per heavy atom. The van der Waals surface area contributed by atoms with Gasteiger partial charge in [0.15, 0.2) is 0 Å². The zero-order chi connectivity index (χ0) is 28.3. The first-order valence-corrected chi connectivity index (χ1v) is 14.6. The van der Waals surface area contributed by atoms with Crippen LogP contribution in [0.15, 0.2) is 114 Å². The Morgan fingerprint density at radius 1 is 0.780 bits per heavy atom. The highest BCUT2D eigenvalue weighted by atomic mass is 16.2. The fourth-order valence-electron chi connectivity index (χ4n) is 6.43. The van der Waals surface area contributed by atoms with Gasteiger partial charge < -0.3 is 4.90 Å². The Morgan fingerprint density at radius 2 is 1.41 bits per heavy atom. The summed E-state index contributed by atoms with van der Waals surface area (Å²) < 4.78 is 0. The lowest BCUT2D eigenvalue weighted by molar-refractivity contribution is -0.122. The molecule has 0 radical (unpaired) electrons. The lowest BCUT2D eigenvalue weighted by Crippen LogP contribution is -2.45. The molecule has 41 heavy (non-hydrogen) atoms. The molecule has 0 aromatic heterocycles. The van der Waals surface area contributed by atoms with Gasteiger partial charge in [0.25, 0.3) is 5.91 Å². The first-order chi connectivity index (χ1) is 20.1. The SMILES string of the molecule is CCN(CC)c1ccc(C2C3C(=O)CC(c4ccccc4)CC3=Nc3ccccc3N2C(=O)c2ccccc2)cc1. The van der Waals surface area contributed by atoms with E-state index in [0.29, 0.717) is 18.4 Å². The molecule has 4 aromatic carbocycles. The van der Waals surface area contributed by atoms with Gasteiger partial charge in [0, 0.05) is 36.5 Å². The summed E-state index contributed by atoms with van der Waals surface area (Å²) in [6.45, 7) is 6.10. The van der Waals surface area contributed by atoms with Gasteiger partial charge in [-0.1, -0.05) is 72.8 Å². The third-order valence-electron chi connectivity index (χ3n) is 8.48. The largest absolute Gasteiger partial charge is 0.372 e. The normalized spacial score (nSPS) is 20.0. The zero-order valence-corrected chi connectivity index (χ0v) is 23.6. The number of benzene rings is 4. The number of carbonyl (C=O) groups is 2. The van der Waals surface area contributed by atoms with E-state index in [1.165, 1.54) is 0 Å². The quantitative estimate of drug-likeness (QED) is 0.251. The molecule has 2 aliphatic rings. The van der Waals surface area contributed by atoms with Gasteiger partial charge >= 0.3 is 0 Å². The van der Waals surface area contributed by atoms with Crippen LogP contribution in [0.2, 0.25) is 0 Å². The van der Waals surface area contributed by atoms with Crippen LogP contribution in [-0.2, 0) is 4.79 Å². The fourth-order valence-corrected chi connectivity index (χ4v) is 6.43. The Hall–Kier alpha value is -4.51. The van der Waals surface area contributed by atoms with Crippen LogP contribution >= 0.6 is 0 Å². The van der Waals surface area contributed by atoms with Crippen LogP contribution in [-0.4, -0.2) is 30.5 Å². The topological polar surface area (TPSA) is 53.0 Å². The molecule has 1 saturated carbocycles. The van der Waals surface area contributed by atoms with Gasteiger partial charge in [-0.05, 0) is 73.7 Å². The summed E-state index contributed by atoms with van der Waals surface area (Å²) in [6.07, 6.45) is 1.10. The summed E-state index contributed by atoms with van der Waals surface area (Å²) in [5.74, 6) is -0.479. The van der Waals surface area contributed by atoms with Gasteiger partial charge in [-0.3, -0.25) is 19.5 Å². The van der Waals surface area contributed by atoms with Crippen LogP contribution in [0.1, 0.15) is 60.1 Å². The Balaban J connectivity index is 1.52. The second kappa shape index (κ2) is 11.5. The minimum Gasteiger partial charge on any atom is -0.372 e. The van der Waals surface area contributed by atoms with Crippen LogP contribution in [0, 0.1) is 5.92 Å². The van der Waals surface area contributed by atoms with E-state index in [9.17, 15) is 9.59 Å². The number of rotatable bonds is 6. The molecule has 0 bridgehead atoms. The number of hydrogen-bond acceptors (Lipinski definition) is 4. The highest BCUT2D eigenvalue weighted by molar-refractivity contribution is 6.15. The van der Waals surface area contributed by atoms with E-state index >= 15 is 0 Å². The smallest absolute Gasteiger partial charge is 0.258 e. The second-order valence-corrected chi connectivity index (χ2v) is 10.8. The monoisotopic (exact) mass is 541 g/mol. The van der Waals surface area contributed by atoms with E-state index in [1.54, 1.807) is 0 Å². The molecule has 4 aromatic rings. The van der Waals surface area contributed by atoms with Crippen molar-refractivity contribution in [3.8, 4) is 0 Å². The minimum absolute atomic E-state index is 0.0629. The lowest BCUT2D eigenvalue weighted by Gasteiger charge is -2.39. The number of carbonyl (C=O) groups excluding carboxylic acids is 2. The second-order valence-electron chi connectivity index (χ2n) is 10.8. The van der Waals surface area contributed by atoms with Crippen molar-refractivity contribution in [2.75, 3.05) is 22.9 Å². The van der Waals surface area contributed by atoms with E-state index in [4.69, 9.17) is 4.99 Å². The number of nitrogens with zero attached hydrogens (tertiary/aromatic N) is 3. The Kier molecular flexibility index (Phi) is 7.51. The molecule has 5 heteroatoms. The van der Waals surface area contributed by atoms with Crippen molar-refractivity contribution in [3.05, 3.63) is 126 Å². The molecule has 5 nitrogen and oxygen atoms in total. The molecule has 1 heterocycles. The molecule has 1 aliphatic carbocycles. The maximum atomic E-state index is 14.4.